The summed E-state index contributed by atoms with van der Waals surface area (Å²) in [7, 11) is 1.77. The summed E-state index contributed by atoms with van der Waals surface area (Å²) in [6.07, 6.45) is 3.37. The molecule has 2 aromatic rings. The van der Waals surface area contributed by atoms with Gasteiger partial charge in [0.1, 0.15) is 11.6 Å². The lowest BCUT2D eigenvalue weighted by atomic mass is 10.2. The Morgan fingerprint density at radius 2 is 2.28 bits per heavy atom. The average molecular weight is 245 g/mol. The van der Waals surface area contributed by atoms with Gasteiger partial charge in [-0.05, 0) is 19.1 Å². The zero-order chi connectivity index (χ0) is 13.0. The Morgan fingerprint density at radius 3 is 2.94 bits per heavy atom. The first-order chi connectivity index (χ1) is 8.69. The van der Waals surface area contributed by atoms with Gasteiger partial charge in [-0.1, -0.05) is 0 Å². The first-order valence-electron chi connectivity index (χ1n) is 5.62. The monoisotopic (exact) mass is 245 g/mol. The molecule has 0 aromatic carbocycles. The van der Waals surface area contributed by atoms with Crippen LogP contribution in [0, 0.1) is 6.92 Å². The van der Waals surface area contributed by atoms with Crippen molar-refractivity contribution >= 4 is 11.7 Å². The highest BCUT2D eigenvalue weighted by atomic mass is 16.1. The molecule has 6 nitrogen and oxygen atoms in total. The lowest BCUT2D eigenvalue weighted by Crippen LogP contribution is -2.23. The number of pyridine rings is 1. The normalized spacial score (nSPS) is 10.1. The Hall–Kier alpha value is -2.37. The molecule has 2 rings (SSSR count). The molecule has 18 heavy (non-hydrogen) atoms. The molecule has 0 fully saturated rings. The number of anilines is 1. The van der Waals surface area contributed by atoms with E-state index in [1.54, 1.807) is 31.6 Å². The number of aryl methyl sites for hydroxylation is 1. The third-order valence-electron chi connectivity index (χ3n) is 2.44. The third kappa shape index (κ3) is 2.85. The van der Waals surface area contributed by atoms with E-state index in [0.717, 1.165) is 11.5 Å². The lowest BCUT2D eigenvalue weighted by Gasteiger charge is -2.06. The van der Waals surface area contributed by atoms with E-state index in [1.807, 2.05) is 6.92 Å². The van der Waals surface area contributed by atoms with Gasteiger partial charge in [-0.3, -0.25) is 4.79 Å². The zero-order valence-electron chi connectivity index (χ0n) is 10.3. The molecule has 2 heterocycles. The Balaban J connectivity index is 2.06. The van der Waals surface area contributed by atoms with Gasteiger partial charge in [-0.25, -0.2) is 9.97 Å². The number of hydrogen-bond donors (Lipinski definition) is 3. The number of H-pyrrole nitrogens is 1. The maximum atomic E-state index is 12.0. The summed E-state index contributed by atoms with van der Waals surface area (Å²) in [6, 6.07) is 3.46. The second kappa shape index (κ2) is 5.31. The number of carbonyl (C=O) groups is 1. The van der Waals surface area contributed by atoms with Crippen molar-refractivity contribution in [2.75, 3.05) is 12.4 Å². The van der Waals surface area contributed by atoms with Gasteiger partial charge in [-0.15, -0.1) is 0 Å². The van der Waals surface area contributed by atoms with Crippen molar-refractivity contribution in [3.63, 3.8) is 0 Å². The molecule has 6 heteroatoms. The molecule has 1 amide bonds. The maximum absolute atomic E-state index is 12.0. The van der Waals surface area contributed by atoms with Crippen molar-refractivity contribution in [2.24, 2.45) is 0 Å². The highest BCUT2D eigenvalue weighted by Gasteiger charge is 2.08. The van der Waals surface area contributed by atoms with Crippen molar-refractivity contribution in [1.29, 1.82) is 0 Å². The van der Waals surface area contributed by atoms with Gasteiger partial charge >= 0.3 is 0 Å². The molecule has 0 aliphatic rings. The maximum Gasteiger partial charge on any atom is 0.251 e. The van der Waals surface area contributed by atoms with Crippen LogP contribution in [0.3, 0.4) is 0 Å². The van der Waals surface area contributed by atoms with E-state index in [9.17, 15) is 4.79 Å². The summed E-state index contributed by atoms with van der Waals surface area (Å²) >= 11 is 0. The number of carbonyl (C=O) groups excluding carboxylic acids is 1. The summed E-state index contributed by atoms with van der Waals surface area (Å²) < 4.78 is 0. The molecule has 0 aliphatic heterocycles. The van der Waals surface area contributed by atoms with E-state index in [0.29, 0.717) is 17.9 Å². The van der Waals surface area contributed by atoms with Crippen molar-refractivity contribution < 1.29 is 4.79 Å². The third-order valence-corrected chi connectivity index (χ3v) is 2.44. The quantitative estimate of drug-likeness (QED) is 0.753. The average Bonchev–Trinajstić information content (AvgIpc) is 2.88. The van der Waals surface area contributed by atoms with Gasteiger partial charge in [0.25, 0.3) is 5.91 Å². The number of amides is 1. The Morgan fingerprint density at radius 1 is 1.44 bits per heavy atom. The molecular weight excluding hydrogens is 230 g/mol. The van der Waals surface area contributed by atoms with Crippen molar-refractivity contribution in [2.45, 2.75) is 13.5 Å². The van der Waals surface area contributed by atoms with Crippen LogP contribution in [0.1, 0.15) is 21.9 Å². The zero-order valence-corrected chi connectivity index (χ0v) is 10.3. The number of rotatable bonds is 4. The Labute approximate surface area is 105 Å². The summed E-state index contributed by atoms with van der Waals surface area (Å²) in [5, 5.41) is 5.71. The van der Waals surface area contributed by atoms with E-state index >= 15 is 0 Å². The standard InChI is InChI=1S/C12H15N5O/c1-8-5-9(6-10(13-2)17-8)12(18)16-7-11-14-3-4-15-11/h3-6H,7H2,1-2H3,(H,13,17)(H,14,15)(H,16,18). The SMILES string of the molecule is CNc1cc(C(=O)NCc2ncc[nH]2)cc(C)n1. The van der Waals surface area contributed by atoms with Crippen LogP contribution in [-0.4, -0.2) is 27.9 Å². The highest BCUT2D eigenvalue weighted by Crippen LogP contribution is 2.09. The van der Waals surface area contributed by atoms with E-state index < -0.39 is 0 Å². The number of hydrogen-bond acceptors (Lipinski definition) is 4. The molecule has 0 aliphatic carbocycles. The van der Waals surface area contributed by atoms with Crippen LogP contribution in [-0.2, 0) is 6.54 Å². The lowest BCUT2D eigenvalue weighted by molar-refractivity contribution is 0.0950. The van der Waals surface area contributed by atoms with Gasteiger partial charge in [0, 0.05) is 30.7 Å². The van der Waals surface area contributed by atoms with Gasteiger partial charge in [-0.2, -0.15) is 0 Å². The smallest absolute Gasteiger partial charge is 0.251 e. The van der Waals surface area contributed by atoms with Crippen LogP contribution < -0.4 is 10.6 Å². The predicted octanol–water partition coefficient (Wildman–Crippen LogP) is 1.08. The van der Waals surface area contributed by atoms with Crippen LogP contribution in [0.4, 0.5) is 5.82 Å². The molecule has 2 aromatic heterocycles. The number of aromatic amines is 1. The fourth-order valence-electron chi connectivity index (χ4n) is 1.59. The summed E-state index contributed by atoms with van der Waals surface area (Å²) in [5.41, 5.74) is 1.38. The predicted molar refractivity (Wildman–Crippen MR) is 68.3 cm³/mol. The van der Waals surface area contributed by atoms with Gasteiger partial charge in [0.2, 0.25) is 0 Å². The van der Waals surface area contributed by atoms with Crippen molar-refractivity contribution in [1.82, 2.24) is 20.3 Å². The van der Waals surface area contributed by atoms with Gasteiger partial charge in [0.15, 0.2) is 0 Å². The molecule has 0 saturated carbocycles. The van der Waals surface area contributed by atoms with Gasteiger partial charge < -0.3 is 15.6 Å². The fourth-order valence-corrected chi connectivity index (χ4v) is 1.59. The van der Waals surface area contributed by atoms with Gasteiger partial charge in [0.05, 0.1) is 6.54 Å². The number of nitrogens with zero attached hydrogens (tertiary/aromatic N) is 2. The van der Waals surface area contributed by atoms with E-state index in [1.165, 1.54) is 0 Å². The second-order valence-electron chi connectivity index (χ2n) is 3.85. The molecule has 0 unspecified atom stereocenters. The largest absolute Gasteiger partial charge is 0.373 e. The first-order valence-corrected chi connectivity index (χ1v) is 5.62. The Kier molecular flexibility index (Phi) is 3.57. The molecule has 0 atom stereocenters. The number of imidazole rings is 1. The van der Waals surface area contributed by atoms with Crippen LogP contribution >= 0.6 is 0 Å². The topological polar surface area (TPSA) is 82.7 Å². The van der Waals surface area contributed by atoms with E-state index in [-0.39, 0.29) is 5.91 Å². The molecule has 0 radical (unpaired) electrons. The van der Waals surface area contributed by atoms with Crippen LogP contribution in [0.25, 0.3) is 0 Å². The molecule has 3 N–H and O–H groups in total. The molecule has 0 bridgehead atoms. The minimum atomic E-state index is -0.145. The van der Waals surface area contributed by atoms with E-state index in [4.69, 9.17) is 0 Å². The Bertz CT molecular complexity index is 535. The second-order valence-corrected chi connectivity index (χ2v) is 3.85. The molecular formula is C12H15N5O. The summed E-state index contributed by atoms with van der Waals surface area (Å²) in [5.74, 6) is 1.26. The summed E-state index contributed by atoms with van der Waals surface area (Å²) in [4.78, 5) is 23.2. The summed E-state index contributed by atoms with van der Waals surface area (Å²) in [6.45, 7) is 2.23. The molecule has 94 valence electrons. The minimum absolute atomic E-state index is 0.145. The van der Waals surface area contributed by atoms with E-state index in [2.05, 4.69) is 25.6 Å². The van der Waals surface area contributed by atoms with Crippen LogP contribution in [0.2, 0.25) is 0 Å². The number of aromatic nitrogens is 3. The van der Waals surface area contributed by atoms with Crippen LogP contribution in [0.15, 0.2) is 24.5 Å². The van der Waals surface area contributed by atoms with Crippen molar-refractivity contribution in [3.8, 4) is 0 Å². The molecule has 0 saturated heterocycles. The fraction of sp³-hybridized carbons (Fsp3) is 0.250. The molecule has 0 spiro atoms. The first kappa shape index (κ1) is 12.1. The van der Waals surface area contributed by atoms with Crippen LogP contribution in [0.5, 0.6) is 0 Å². The highest BCUT2D eigenvalue weighted by molar-refractivity contribution is 5.94. The number of nitrogens with one attached hydrogen (secondary N) is 3. The minimum Gasteiger partial charge on any atom is -0.373 e. The van der Waals surface area contributed by atoms with Crippen molar-refractivity contribution in [3.05, 3.63) is 41.6 Å².